The molecule has 8 heteroatoms. The second-order valence-electron chi connectivity index (χ2n) is 5.49. The summed E-state index contributed by atoms with van der Waals surface area (Å²) in [6.45, 7) is 4.80. The summed E-state index contributed by atoms with van der Waals surface area (Å²) in [4.78, 5) is 4.30. The van der Waals surface area contributed by atoms with Crippen molar-refractivity contribution in [3.63, 3.8) is 0 Å². The predicted molar refractivity (Wildman–Crippen MR) is 98.6 cm³/mol. The van der Waals surface area contributed by atoms with Crippen molar-refractivity contribution < 1.29 is 8.42 Å². The fourth-order valence-electron chi connectivity index (χ4n) is 2.30. The maximum atomic E-state index is 11.4. The highest BCUT2D eigenvalue weighted by Gasteiger charge is 2.28. The van der Waals surface area contributed by atoms with Crippen LogP contribution in [-0.4, -0.2) is 51.1 Å². The molecule has 126 valence electrons. The number of guanidine groups is 1. The zero-order chi connectivity index (χ0) is 15.0. The number of aliphatic imine (C=N–C) groups is 1. The maximum Gasteiger partial charge on any atom is 0.211 e. The molecule has 1 fully saturated rings. The van der Waals surface area contributed by atoms with E-state index in [-0.39, 0.29) is 29.9 Å². The van der Waals surface area contributed by atoms with Gasteiger partial charge in [-0.05, 0) is 18.8 Å². The Morgan fingerprint density at radius 2 is 2.10 bits per heavy atom. The lowest BCUT2D eigenvalue weighted by molar-refractivity contribution is 0.464. The molecular weight excluding hydrogens is 403 g/mol. The van der Waals surface area contributed by atoms with E-state index < -0.39 is 10.0 Å². The summed E-state index contributed by atoms with van der Waals surface area (Å²) in [5, 5.41) is 3.10. The number of nitrogens with zero attached hydrogens (tertiary/aromatic N) is 2. The van der Waals surface area contributed by atoms with E-state index in [0.717, 1.165) is 19.4 Å². The van der Waals surface area contributed by atoms with E-state index in [1.807, 2.05) is 0 Å². The van der Waals surface area contributed by atoms with Crippen LogP contribution in [0, 0.1) is 5.92 Å². The van der Waals surface area contributed by atoms with Crippen molar-refractivity contribution in [3.8, 4) is 0 Å². The molecular formula is C13H29IN4O2S. The summed E-state index contributed by atoms with van der Waals surface area (Å²) in [5.41, 5.74) is 5.79. The van der Waals surface area contributed by atoms with Crippen LogP contribution in [0.2, 0.25) is 0 Å². The summed E-state index contributed by atoms with van der Waals surface area (Å²) in [6, 6.07) is 0. The Bertz CT molecular complexity index is 414. The van der Waals surface area contributed by atoms with E-state index in [9.17, 15) is 8.42 Å². The Morgan fingerprint density at radius 3 is 2.67 bits per heavy atom. The van der Waals surface area contributed by atoms with Crippen molar-refractivity contribution in [1.82, 2.24) is 9.62 Å². The van der Waals surface area contributed by atoms with Crippen LogP contribution in [0.1, 0.15) is 39.0 Å². The summed E-state index contributed by atoms with van der Waals surface area (Å²) < 4.78 is 24.3. The molecule has 0 aliphatic carbocycles. The van der Waals surface area contributed by atoms with E-state index in [4.69, 9.17) is 5.73 Å². The van der Waals surface area contributed by atoms with Gasteiger partial charge in [0.2, 0.25) is 10.0 Å². The van der Waals surface area contributed by atoms with Crippen molar-refractivity contribution in [3.05, 3.63) is 0 Å². The van der Waals surface area contributed by atoms with Gasteiger partial charge in [0.15, 0.2) is 5.96 Å². The molecule has 0 aromatic carbocycles. The fraction of sp³-hybridized carbons (Fsp3) is 0.923. The van der Waals surface area contributed by atoms with Crippen molar-refractivity contribution in [2.45, 2.75) is 39.0 Å². The Labute approximate surface area is 146 Å². The number of rotatable bonds is 8. The van der Waals surface area contributed by atoms with E-state index in [1.165, 1.54) is 29.8 Å². The van der Waals surface area contributed by atoms with Crippen molar-refractivity contribution in [2.75, 3.05) is 32.4 Å². The minimum Gasteiger partial charge on any atom is -0.370 e. The monoisotopic (exact) mass is 432 g/mol. The molecule has 1 saturated heterocycles. The Morgan fingerprint density at radius 1 is 1.38 bits per heavy atom. The van der Waals surface area contributed by atoms with Crippen LogP contribution in [0.3, 0.4) is 0 Å². The third kappa shape index (κ3) is 8.82. The molecule has 0 spiro atoms. The maximum absolute atomic E-state index is 11.4. The van der Waals surface area contributed by atoms with Crippen molar-refractivity contribution in [1.29, 1.82) is 0 Å². The van der Waals surface area contributed by atoms with Crippen LogP contribution in [0.4, 0.5) is 0 Å². The summed E-state index contributed by atoms with van der Waals surface area (Å²) in [7, 11) is -3.06. The largest absolute Gasteiger partial charge is 0.370 e. The fourth-order valence-corrected chi connectivity index (χ4v) is 3.22. The number of nitrogens with two attached hydrogens (primary N) is 1. The molecule has 1 heterocycles. The van der Waals surface area contributed by atoms with Crippen LogP contribution in [0.15, 0.2) is 4.99 Å². The average Bonchev–Trinajstić information content (AvgIpc) is 2.85. The van der Waals surface area contributed by atoms with Crippen LogP contribution < -0.4 is 11.1 Å². The first-order valence-electron chi connectivity index (χ1n) is 7.42. The van der Waals surface area contributed by atoms with Gasteiger partial charge in [0.05, 0.1) is 6.26 Å². The third-order valence-electron chi connectivity index (χ3n) is 3.57. The number of unbranched alkanes of at least 4 members (excludes halogenated alkanes) is 3. The molecule has 1 unspecified atom stereocenters. The summed E-state index contributed by atoms with van der Waals surface area (Å²) in [6.07, 6.45) is 6.91. The number of nitrogens with one attached hydrogen (secondary N) is 1. The van der Waals surface area contributed by atoms with Crippen LogP contribution in [-0.2, 0) is 10.0 Å². The molecule has 21 heavy (non-hydrogen) atoms. The topological polar surface area (TPSA) is 87.8 Å². The molecule has 6 nitrogen and oxygen atoms in total. The smallest absolute Gasteiger partial charge is 0.211 e. The lowest BCUT2D eigenvalue weighted by Gasteiger charge is -2.12. The molecule has 0 aromatic heterocycles. The first-order valence-corrected chi connectivity index (χ1v) is 9.27. The highest BCUT2D eigenvalue weighted by atomic mass is 127. The van der Waals surface area contributed by atoms with E-state index in [2.05, 4.69) is 17.2 Å². The van der Waals surface area contributed by atoms with Gasteiger partial charge in [0.1, 0.15) is 0 Å². The van der Waals surface area contributed by atoms with Gasteiger partial charge in [-0.3, -0.25) is 4.99 Å². The molecule has 1 rings (SSSR count). The summed E-state index contributed by atoms with van der Waals surface area (Å²) >= 11 is 0. The predicted octanol–water partition coefficient (Wildman–Crippen LogP) is 1.37. The number of hydrogen-bond acceptors (Lipinski definition) is 3. The highest BCUT2D eigenvalue weighted by molar-refractivity contribution is 14.0. The second-order valence-corrected chi connectivity index (χ2v) is 7.47. The Hall–Kier alpha value is -0.0900. The quantitative estimate of drug-likeness (QED) is 0.263. The van der Waals surface area contributed by atoms with Gasteiger partial charge in [-0.15, -0.1) is 24.0 Å². The first-order chi connectivity index (χ1) is 9.43. The number of halogens is 1. The standard InChI is InChI=1S/C13H28N4O2S.HI/c1-3-4-5-6-8-15-13(14)16-10-12-7-9-17(11-12)20(2,18)19;/h12H,3-11H2,1-2H3,(H3,14,15,16);1H. The lowest BCUT2D eigenvalue weighted by Crippen LogP contribution is -2.33. The van der Waals surface area contributed by atoms with Gasteiger partial charge in [-0.25, -0.2) is 12.7 Å². The van der Waals surface area contributed by atoms with Gasteiger partial charge >= 0.3 is 0 Å². The number of sulfonamides is 1. The van der Waals surface area contributed by atoms with E-state index >= 15 is 0 Å². The van der Waals surface area contributed by atoms with Crippen LogP contribution in [0.5, 0.6) is 0 Å². The van der Waals surface area contributed by atoms with Gasteiger partial charge in [0.25, 0.3) is 0 Å². The molecule has 1 aliphatic rings. The van der Waals surface area contributed by atoms with Gasteiger partial charge in [0, 0.05) is 26.2 Å². The molecule has 0 amide bonds. The van der Waals surface area contributed by atoms with Gasteiger partial charge in [-0.1, -0.05) is 26.2 Å². The Balaban J connectivity index is 0.00000400. The molecule has 0 aromatic rings. The van der Waals surface area contributed by atoms with Crippen molar-refractivity contribution in [2.24, 2.45) is 16.6 Å². The first kappa shape index (κ1) is 20.9. The summed E-state index contributed by atoms with van der Waals surface area (Å²) in [5.74, 6) is 0.754. The Kier molecular flexibility index (Phi) is 10.6. The zero-order valence-electron chi connectivity index (χ0n) is 13.0. The highest BCUT2D eigenvalue weighted by Crippen LogP contribution is 2.18. The second kappa shape index (κ2) is 10.6. The number of hydrogen-bond donors (Lipinski definition) is 2. The van der Waals surface area contributed by atoms with Gasteiger partial charge in [-0.2, -0.15) is 0 Å². The molecule has 0 radical (unpaired) electrons. The molecule has 0 saturated carbocycles. The molecule has 3 N–H and O–H groups in total. The normalized spacial score (nSPS) is 20.3. The van der Waals surface area contributed by atoms with E-state index in [0.29, 0.717) is 25.6 Å². The SMILES string of the molecule is CCCCCCNC(N)=NCC1CCN(S(C)(=O)=O)C1.I. The minimum atomic E-state index is -3.06. The molecule has 1 atom stereocenters. The van der Waals surface area contributed by atoms with Crippen LogP contribution >= 0.6 is 24.0 Å². The molecule has 1 aliphatic heterocycles. The third-order valence-corrected chi connectivity index (χ3v) is 4.84. The average molecular weight is 432 g/mol. The zero-order valence-corrected chi connectivity index (χ0v) is 16.2. The van der Waals surface area contributed by atoms with Gasteiger partial charge < -0.3 is 11.1 Å². The molecule has 0 bridgehead atoms. The van der Waals surface area contributed by atoms with Crippen LogP contribution in [0.25, 0.3) is 0 Å². The lowest BCUT2D eigenvalue weighted by atomic mass is 10.1. The van der Waals surface area contributed by atoms with E-state index in [1.54, 1.807) is 0 Å². The van der Waals surface area contributed by atoms with Crippen molar-refractivity contribution >= 4 is 40.0 Å². The minimum absolute atomic E-state index is 0.